The van der Waals surface area contributed by atoms with E-state index in [0.717, 1.165) is 23.4 Å². The van der Waals surface area contributed by atoms with Crippen molar-refractivity contribution < 1.29 is 18.0 Å². The van der Waals surface area contributed by atoms with Crippen LogP contribution < -0.4 is 5.32 Å². The molecule has 2 aromatic heterocycles. The summed E-state index contributed by atoms with van der Waals surface area (Å²) in [5, 5.41) is 2.49. The summed E-state index contributed by atoms with van der Waals surface area (Å²) < 4.78 is 39.7. The molecule has 0 aliphatic carbocycles. The number of nitrogens with one attached hydrogen (secondary N) is 1. The average molecular weight is 404 g/mol. The molecule has 0 atom stereocenters. The second kappa shape index (κ2) is 8.39. The summed E-state index contributed by atoms with van der Waals surface area (Å²) in [7, 11) is 0. The van der Waals surface area contributed by atoms with Gasteiger partial charge in [0.25, 0.3) is 0 Å². The Balaban J connectivity index is 1.80. The fourth-order valence-corrected chi connectivity index (χ4v) is 2.93. The number of carbonyl (C=O) groups is 1. The first-order valence-corrected chi connectivity index (χ1v) is 9.16. The molecule has 0 fully saturated rings. The molecule has 5 nitrogen and oxygen atoms in total. The molecule has 0 saturated carbocycles. The number of nitrogens with zero attached hydrogens (tertiary/aromatic N) is 3. The summed E-state index contributed by atoms with van der Waals surface area (Å²) in [6.45, 7) is 1.88. The van der Waals surface area contributed by atoms with Gasteiger partial charge in [-0.3, -0.25) is 9.78 Å². The van der Waals surface area contributed by atoms with Crippen molar-refractivity contribution in [2.75, 3.05) is 11.1 Å². The number of hydrogen-bond acceptors (Lipinski definition) is 5. The molecule has 1 N–H and O–H groups in total. The molecular formula is C19H15F3N4OS. The highest BCUT2D eigenvalue weighted by Crippen LogP contribution is 2.32. The van der Waals surface area contributed by atoms with Crippen molar-refractivity contribution in [3.63, 3.8) is 0 Å². The van der Waals surface area contributed by atoms with Gasteiger partial charge in [-0.05, 0) is 25.1 Å². The molecule has 3 rings (SSSR count). The van der Waals surface area contributed by atoms with E-state index in [9.17, 15) is 18.0 Å². The molecule has 0 aliphatic rings. The Kier molecular flexibility index (Phi) is 5.93. The number of halogens is 3. The third-order valence-electron chi connectivity index (χ3n) is 3.62. The normalized spacial score (nSPS) is 11.3. The Morgan fingerprint density at radius 2 is 1.89 bits per heavy atom. The molecular weight excluding hydrogens is 389 g/mol. The van der Waals surface area contributed by atoms with Crippen molar-refractivity contribution >= 4 is 23.4 Å². The molecule has 0 radical (unpaired) electrons. The van der Waals surface area contributed by atoms with E-state index >= 15 is 0 Å². The third kappa shape index (κ3) is 5.29. The first-order valence-electron chi connectivity index (χ1n) is 8.17. The average Bonchev–Trinajstić information content (AvgIpc) is 2.67. The number of alkyl halides is 3. The van der Waals surface area contributed by atoms with Crippen LogP contribution in [0.1, 0.15) is 11.3 Å². The van der Waals surface area contributed by atoms with E-state index in [2.05, 4.69) is 20.3 Å². The van der Waals surface area contributed by atoms with E-state index in [0.29, 0.717) is 11.3 Å². The number of amides is 1. The fourth-order valence-electron chi connectivity index (χ4n) is 2.27. The van der Waals surface area contributed by atoms with Crippen molar-refractivity contribution in [2.45, 2.75) is 18.3 Å². The van der Waals surface area contributed by atoms with Crippen molar-refractivity contribution in [3.8, 4) is 11.3 Å². The van der Waals surface area contributed by atoms with E-state index < -0.39 is 17.8 Å². The highest BCUT2D eigenvalue weighted by molar-refractivity contribution is 7.99. The third-order valence-corrected chi connectivity index (χ3v) is 4.47. The van der Waals surface area contributed by atoms with Crippen LogP contribution in [-0.2, 0) is 11.0 Å². The van der Waals surface area contributed by atoms with Gasteiger partial charge in [-0.1, -0.05) is 41.6 Å². The lowest BCUT2D eigenvalue weighted by atomic mass is 10.1. The van der Waals surface area contributed by atoms with Gasteiger partial charge in [0.05, 0.1) is 23.3 Å². The van der Waals surface area contributed by atoms with Crippen molar-refractivity contribution in [1.82, 2.24) is 15.0 Å². The topological polar surface area (TPSA) is 67.8 Å². The van der Waals surface area contributed by atoms with E-state index in [4.69, 9.17) is 0 Å². The smallest absolute Gasteiger partial charge is 0.324 e. The number of hydrogen-bond donors (Lipinski definition) is 1. The SMILES string of the molecule is Cc1ccc(-c2cc(C(F)(F)F)nc(SCC(=O)Nc3cccnc3)n2)cc1. The van der Waals surface area contributed by atoms with Crippen LogP contribution in [0.4, 0.5) is 18.9 Å². The van der Waals surface area contributed by atoms with E-state index in [1.807, 2.05) is 6.92 Å². The lowest BCUT2D eigenvalue weighted by molar-refractivity contribution is -0.141. The van der Waals surface area contributed by atoms with Gasteiger partial charge in [-0.25, -0.2) is 9.97 Å². The number of aromatic nitrogens is 3. The summed E-state index contributed by atoms with van der Waals surface area (Å²) in [5.41, 5.74) is 1.12. The minimum atomic E-state index is -4.62. The van der Waals surface area contributed by atoms with E-state index in [-0.39, 0.29) is 16.6 Å². The minimum Gasteiger partial charge on any atom is -0.324 e. The molecule has 0 spiro atoms. The molecule has 0 aliphatic heterocycles. The summed E-state index contributed by atoms with van der Waals surface area (Å²) in [5.74, 6) is -0.528. The zero-order valence-electron chi connectivity index (χ0n) is 14.7. The number of pyridine rings is 1. The number of aryl methyl sites for hydroxylation is 1. The Labute approximate surface area is 163 Å². The first kappa shape index (κ1) is 19.8. The maximum Gasteiger partial charge on any atom is 0.433 e. The monoisotopic (exact) mass is 404 g/mol. The van der Waals surface area contributed by atoms with Gasteiger partial charge in [0.15, 0.2) is 5.16 Å². The van der Waals surface area contributed by atoms with Crippen molar-refractivity contribution in [3.05, 3.63) is 66.1 Å². The molecule has 2 heterocycles. The molecule has 144 valence electrons. The van der Waals surface area contributed by atoms with Gasteiger partial charge >= 0.3 is 6.18 Å². The predicted molar refractivity (Wildman–Crippen MR) is 101 cm³/mol. The van der Waals surface area contributed by atoms with Gasteiger partial charge in [0.1, 0.15) is 5.69 Å². The Hall–Kier alpha value is -2.94. The quantitative estimate of drug-likeness (QED) is 0.497. The number of carbonyl (C=O) groups excluding carboxylic acids is 1. The second-order valence-electron chi connectivity index (χ2n) is 5.86. The van der Waals surface area contributed by atoms with E-state index in [1.165, 1.54) is 6.20 Å². The van der Waals surface area contributed by atoms with Crippen LogP contribution in [0.5, 0.6) is 0 Å². The summed E-state index contributed by atoms with van der Waals surface area (Å²) >= 11 is 0.835. The van der Waals surface area contributed by atoms with Crippen molar-refractivity contribution in [2.24, 2.45) is 0 Å². The molecule has 9 heteroatoms. The molecule has 1 aromatic carbocycles. The van der Waals surface area contributed by atoms with Crippen LogP contribution in [0.2, 0.25) is 0 Å². The first-order chi connectivity index (χ1) is 13.3. The highest BCUT2D eigenvalue weighted by Gasteiger charge is 2.34. The Bertz CT molecular complexity index is 963. The maximum absolute atomic E-state index is 13.2. The van der Waals surface area contributed by atoms with Crippen LogP contribution in [0.15, 0.2) is 60.0 Å². The second-order valence-corrected chi connectivity index (χ2v) is 6.81. The number of rotatable bonds is 5. The zero-order valence-corrected chi connectivity index (χ0v) is 15.5. The minimum absolute atomic E-state index is 0.119. The number of thioether (sulfide) groups is 1. The molecule has 3 aromatic rings. The van der Waals surface area contributed by atoms with Crippen LogP contribution in [0.3, 0.4) is 0 Å². The zero-order chi connectivity index (χ0) is 20.1. The molecule has 0 saturated heterocycles. The maximum atomic E-state index is 13.2. The standard InChI is InChI=1S/C19H15F3N4OS/c1-12-4-6-13(7-5-12)15-9-16(19(20,21)22)26-18(25-15)28-11-17(27)24-14-3-2-8-23-10-14/h2-10H,11H2,1H3,(H,24,27). The summed E-state index contributed by atoms with van der Waals surface area (Å²) in [6, 6.07) is 11.2. The van der Waals surface area contributed by atoms with E-state index in [1.54, 1.807) is 42.6 Å². The number of anilines is 1. The predicted octanol–water partition coefficient (Wildman–Crippen LogP) is 4.60. The highest BCUT2D eigenvalue weighted by atomic mass is 32.2. The molecule has 1 amide bonds. The lowest BCUT2D eigenvalue weighted by Crippen LogP contribution is -2.15. The lowest BCUT2D eigenvalue weighted by Gasteiger charge is -2.11. The van der Waals surface area contributed by atoms with Gasteiger partial charge in [-0.15, -0.1) is 0 Å². The molecule has 0 bridgehead atoms. The van der Waals surface area contributed by atoms with Crippen LogP contribution in [0, 0.1) is 6.92 Å². The molecule has 28 heavy (non-hydrogen) atoms. The van der Waals surface area contributed by atoms with Crippen LogP contribution >= 0.6 is 11.8 Å². The van der Waals surface area contributed by atoms with Crippen LogP contribution in [0.25, 0.3) is 11.3 Å². The Morgan fingerprint density at radius 1 is 1.14 bits per heavy atom. The van der Waals surface area contributed by atoms with Crippen molar-refractivity contribution in [1.29, 1.82) is 0 Å². The van der Waals surface area contributed by atoms with Crippen LogP contribution in [-0.4, -0.2) is 26.6 Å². The number of benzene rings is 1. The summed E-state index contributed by atoms with van der Waals surface area (Å²) in [4.78, 5) is 23.6. The van der Waals surface area contributed by atoms with Gasteiger partial charge in [-0.2, -0.15) is 13.2 Å². The molecule has 0 unspecified atom stereocenters. The van der Waals surface area contributed by atoms with Gasteiger partial charge in [0.2, 0.25) is 5.91 Å². The Morgan fingerprint density at radius 3 is 2.54 bits per heavy atom. The van der Waals surface area contributed by atoms with Gasteiger partial charge < -0.3 is 5.32 Å². The largest absolute Gasteiger partial charge is 0.433 e. The van der Waals surface area contributed by atoms with Gasteiger partial charge in [0, 0.05) is 11.8 Å². The fraction of sp³-hybridized carbons (Fsp3) is 0.158. The summed E-state index contributed by atoms with van der Waals surface area (Å²) in [6.07, 6.45) is -1.58.